The van der Waals surface area contributed by atoms with Gasteiger partial charge >= 0.3 is 0 Å². The zero-order valence-electron chi connectivity index (χ0n) is 13.7. The van der Waals surface area contributed by atoms with E-state index in [-0.39, 0.29) is 23.4 Å². The Bertz CT molecular complexity index is 612. The molecule has 0 bridgehead atoms. The Morgan fingerprint density at radius 1 is 1.25 bits per heavy atom. The third kappa shape index (κ3) is 4.68. The zero-order valence-corrected chi connectivity index (χ0v) is 13.7. The fourth-order valence-electron chi connectivity index (χ4n) is 2.77. The zero-order chi connectivity index (χ0) is 17.5. The molecule has 2 N–H and O–H groups in total. The Morgan fingerprint density at radius 2 is 1.92 bits per heavy atom. The summed E-state index contributed by atoms with van der Waals surface area (Å²) >= 11 is 0. The fourth-order valence-corrected chi connectivity index (χ4v) is 2.77. The number of hydrogen-bond donors (Lipinski definition) is 2. The number of likely N-dealkylation sites (tertiary alicyclic amines) is 1. The number of carbonyl (C=O) groups is 2. The molecule has 1 aliphatic heterocycles. The molecule has 2 rings (SSSR count). The predicted octanol–water partition coefficient (Wildman–Crippen LogP) is 1.38. The summed E-state index contributed by atoms with van der Waals surface area (Å²) < 4.78 is 0. The van der Waals surface area contributed by atoms with Gasteiger partial charge in [0.1, 0.15) is 5.69 Å². The minimum absolute atomic E-state index is 0.0143. The van der Waals surface area contributed by atoms with E-state index >= 15 is 0 Å². The Labute approximate surface area is 140 Å². The second kappa shape index (κ2) is 8.28. The number of anilines is 1. The summed E-state index contributed by atoms with van der Waals surface area (Å²) in [6.07, 6.45) is 1.34. The third-order valence-electron chi connectivity index (χ3n) is 4.15. The molecule has 8 heteroatoms. The lowest BCUT2D eigenvalue weighted by molar-refractivity contribution is -0.384. The lowest BCUT2D eigenvalue weighted by Crippen LogP contribution is -2.43. The molecule has 0 spiro atoms. The Hall–Kier alpha value is -2.64. The van der Waals surface area contributed by atoms with Gasteiger partial charge in [0, 0.05) is 45.1 Å². The smallest absolute Gasteiger partial charge is 0.292 e. The molecule has 2 amide bonds. The lowest BCUT2D eigenvalue weighted by Gasteiger charge is -2.30. The number of nitrogens with one attached hydrogen (secondary N) is 2. The third-order valence-corrected chi connectivity index (χ3v) is 4.15. The van der Waals surface area contributed by atoms with Crippen LogP contribution in [0.5, 0.6) is 0 Å². The molecular weight excluding hydrogens is 312 g/mol. The van der Waals surface area contributed by atoms with E-state index in [0.29, 0.717) is 44.7 Å². The van der Waals surface area contributed by atoms with Crippen LogP contribution in [0.4, 0.5) is 11.4 Å². The van der Waals surface area contributed by atoms with E-state index in [1.807, 2.05) is 0 Å². The van der Waals surface area contributed by atoms with Crippen molar-refractivity contribution >= 4 is 23.2 Å². The highest BCUT2D eigenvalue weighted by molar-refractivity contribution is 5.79. The van der Waals surface area contributed by atoms with Gasteiger partial charge in [-0.3, -0.25) is 19.7 Å². The first-order valence-electron chi connectivity index (χ1n) is 7.99. The summed E-state index contributed by atoms with van der Waals surface area (Å²) in [7, 11) is 0. The van der Waals surface area contributed by atoms with Crippen molar-refractivity contribution in [3.63, 3.8) is 0 Å². The molecule has 0 atom stereocenters. The molecule has 24 heavy (non-hydrogen) atoms. The molecular formula is C16H22N4O4. The number of rotatable bonds is 6. The number of hydrogen-bond acceptors (Lipinski definition) is 5. The molecule has 0 radical (unpaired) electrons. The SMILES string of the molecule is CC(=O)N1CCC(C(=O)NCCNc2ccccc2[N+](=O)[O-])CC1. The second-order valence-electron chi connectivity index (χ2n) is 5.77. The van der Waals surface area contributed by atoms with Crippen LogP contribution >= 0.6 is 0 Å². The highest BCUT2D eigenvalue weighted by atomic mass is 16.6. The van der Waals surface area contributed by atoms with Gasteiger partial charge in [-0.2, -0.15) is 0 Å². The van der Waals surface area contributed by atoms with Crippen molar-refractivity contribution in [2.24, 2.45) is 5.92 Å². The number of amides is 2. The summed E-state index contributed by atoms with van der Waals surface area (Å²) in [4.78, 5) is 35.6. The molecule has 130 valence electrons. The van der Waals surface area contributed by atoms with Crippen LogP contribution in [0.15, 0.2) is 24.3 Å². The van der Waals surface area contributed by atoms with E-state index in [0.717, 1.165) is 0 Å². The number of benzene rings is 1. The van der Waals surface area contributed by atoms with Gasteiger partial charge in [0.15, 0.2) is 0 Å². The topological polar surface area (TPSA) is 105 Å². The van der Waals surface area contributed by atoms with Crippen molar-refractivity contribution in [3.8, 4) is 0 Å². The van der Waals surface area contributed by atoms with Crippen molar-refractivity contribution in [1.29, 1.82) is 0 Å². The van der Waals surface area contributed by atoms with Crippen LogP contribution < -0.4 is 10.6 Å². The van der Waals surface area contributed by atoms with Crippen LogP contribution in [-0.4, -0.2) is 47.8 Å². The van der Waals surface area contributed by atoms with Crippen molar-refractivity contribution in [2.75, 3.05) is 31.5 Å². The van der Waals surface area contributed by atoms with Gasteiger partial charge in [-0.1, -0.05) is 12.1 Å². The maximum absolute atomic E-state index is 12.1. The van der Waals surface area contributed by atoms with Gasteiger partial charge in [-0.25, -0.2) is 0 Å². The summed E-state index contributed by atoms with van der Waals surface area (Å²) in [6.45, 7) is 3.55. The van der Waals surface area contributed by atoms with Crippen LogP contribution in [0.1, 0.15) is 19.8 Å². The van der Waals surface area contributed by atoms with E-state index in [4.69, 9.17) is 0 Å². The largest absolute Gasteiger partial charge is 0.378 e. The van der Waals surface area contributed by atoms with Gasteiger partial charge in [0.05, 0.1) is 4.92 Å². The van der Waals surface area contributed by atoms with E-state index in [9.17, 15) is 19.7 Å². The van der Waals surface area contributed by atoms with E-state index in [2.05, 4.69) is 10.6 Å². The number of nitro groups is 1. The van der Waals surface area contributed by atoms with E-state index in [1.54, 1.807) is 23.1 Å². The molecule has 0 aromatic heterocycles. The van der Waals surface area contributed by atoms with Crippen LogP contribution in [0.25, 0.3) is 0 Å². The van der Waals surface area contributed by atoms with E-state index in [1.165, 1.54) is 13.0 Å². The molecule has 1 fully saturated rings. The molecule has 1 aromatic rings. The molecule has 1 saturated heterocycles. The summed E-state index contributed by atoms with van der Waals surface area (Å²) in [5, 5.41) is 16.7. The average Bonchev–Trinajstić information content (AvgIpc) is 2.58. The summed E-state index contributed by atoms with van der Waals surface area (Å²) in [5.41, 5.74) is 0.451. The monoisotopic (exact) mass is 334 g/mol. The van der Waals surface area contributed by atoms with Crippen molar-refractivity contribution in [3.05, 3.63) is 34.4 Å². The predicted molar refractivity (Wildman–Crippen MR) is 89.6 cm³/mol. The van der Waals surface area contributed by atoms with Gasteiger partial charge in [0.2, 0.25) is 11.8 Å². The Morgan fingerprint density at radius 3 is 2.54 bits per heavy atom. The Kier molecular flexibility index (Phi) is 6.11. The van der Waals surface area contributed by atoms with Gasteiger partial charge in [-0.15, -0.1) is 0 Å². The van der Waals surface area contributed by atoms with E-state index < -0.39 is 4.92 Å². The normalized spacial score (nSPS) is 15.0. The minimum Gasteiger partial charge on any atom is -0.378 e. The first-order chi connectivity index (χ1) is 11.5. The second-order valence-corrected chi connectivity index (χ2v) is 5.77. The van der Waals surface area contributed by atoms with Crippen LogP contribution in [0, 0.1) is 16.0 Å². The van der Waals surface area contributed by atoms with Crippen LogP contribution in [-0.2, 0) is 9.59 Å². The highest BCUT2D eigenvalue weighted by Gasteiger charge is 2.25. The number of nitro benzene ring substituents is 1. The van der Waals surface area contributed by atoms with Crippen molar-refractivity contribution in [2.45, 2.75) is 19.8 Å². The van der Waals surface area contributed by atoms with Crippen LogP contribution in [0.2, 0.25) is 0 Å². The molecule has 1 aliphatic rings. The molecule has 1 heterocycles. The molecule has 0 aliphatic carbocycles. The lowest BCUT2D eigenvalue weighted by atomic mass is 9.96. The number of carbonyl (C=O) groups excluding carboxylic acids is 2. The summed E-state index contributed by atoms with van der Waals surface area (Å²) in [5.74, 6) is -0.0586. The molecule has 0 saturated carbocycles. The first-order valence-corrected chi connectivity index (χ1v) is 7.99. The quantitative estimate of drug-likeness (QED) is 0.464. The summed E-state index contributed by atoms with van der Waals surface area (Å²) in [6, 6.07) is 6.40. The van der Waals surface area contributed by atoms with Crippen molar-refractivity contribution < 1.29 is 14.5 Å². The maximum atomic E-state index is 12.1. The fraction of sp³-hybridized carbons (Fsp3) is 0.500. The molecule has 1 aromatic carbocycles. The number of para-hydroxylation sites is 2. The van der Waals surface area contributed by atoms with Gasteiger partial charge in [0.25, 0.3) is 5.69 Å². The maximum Gasteiger partial charge on any atom is 0.292 e. The van der Waals surface area contributed by atoms with Gasteiger partial charge < -0.3 is 15.5 Å². The minimum atomic E-state index is -0.441. The average molecular weight is 334 g/mol. The van der Waals surface area contributed by atoms with Gasteiger partial charge in [-0.05, 0) is 18.9 Å². The number of nitrogens with zero attached hydrogens (tertiary/aromatic N) is 2. The first kappa shape index (κ1) is 17.7. The number of piperidine rings is 1. The standard InChI is InChI=1S/C16H22N4O4/c1-12(21)19-10-6-13(7-11-19)16(22)18-9-8-17-14-4-2-3-5-15(14)20(23)24/h2-5,13,17H,6-11H2,1H3,(H,18,22). The Balaban J connectivity index is 1.72. The van der Waals surface area contributed by atoms with Crippen molar-refractivity contribution in [1.82, 2.24) is 10.2 Å². The van der Waals surface area contributed by atoms with Crippen LogP contribution in [0.3, 0.4) is 0 Å². The molecule has 8 nitrogen and oxygen atoms in total. The highest BCUT2D eigenvalue weighted by Crippen LogP contribution is 2.22. The molecule has 0 unspecified atom stereocenters.